The maximum atomic E-state index is 5.55. The van der Waals surface area contributed by atoms with Gasteiger partial charge in [0.1, 0.15) is 0 Å². The molecule has 2 N–H and O–H groups in total. The van der Waals surface area contributed by atoms with E-state index in [0.29, 0.717) is 10.9 Å². The topological polar surface area (TPSA) is 38.5 Å². The van der Waals surface area contributed by atoms with E-state index in [2.05, 4.69) is 25.8 Å². The number of hydrogen-bond donors (Lipinski definition) is 1. The lowest BCUT2D eigenvalue weighted by molar-refractivity contribution is 0.0903. The average molecular weight is 232 g/mol. The maximum Gasteiger partial charge on any atom is 0.0768 e. The van der Waals surface area contributed by atoms with Crippen LogP contribution in [-0.2, 0) is 4.74 Å². The van der Waals surface area contributed by atoms with Crippen LogP contribution in [0.4, 0.5) is 0 Å². The van der Waals surface area contributed by atoms with E-state index in [1.165, 1.54) is 0 Å². The second-order valence-corrected chi connectivity index (χ2v) is 5.01. The summed E-state index contributed by atoms with van der Waals surface area (Å²) in [5.41, 5.74) is 5.55. The van der Waals surface area contributed by atoms with Gasteiger partial charge in [-0.15, -0.1) is 0 Å². The molecule has 0 spiro atoms. The van der Waals surface area contributed by atoms with Crippen molar-refractivity contribution in [2.75, 3.05) is 33.4 Å². The Morgan fingerprint density at radius 1 is 1.40 bits per heavy atom. The summed E-state index contributed by atoms with van der Waals surface area (Å²) in [6.45, 7) is 9.79. The van der Waals surface area contributed by atoms with Crippen LogP contribution in [0.15, 0.2) is 0 Å². The van der Waals surface area contributed by atoms with Crippen molar-refractivity contribution in [1.82, 2.24) is 4.90 Å². The fourth-order valence-corrected chi connectivity index (χ4v) is 1.26. The van der Waals surface area contributed by atoms with Crippen LogP contribution in [0.1, 0.15) is 20.8 Å². The van der Waals surface area contributed by atoms with Gasteiger partial charge in [0.05, 0.1) is 11.6 Å². The van der Waals surface area contributed by atoms with Gasteiger partial charge in [0.25, 0.3) is 0 Å². The number of thiocarbonyl (C=S) groups is 1. The van der Waals surface area contributed by atoms with Gasteiger partial charge in [-0.25, -0.2) is 0 Å². The Balaban J connectivity index is 3.49. The zero-order valence-electron chi connectivity index (χ0n) is 10.3. The normalized spacial score (nSPS) is 13.5. The van der Waals surface area contributed by atoms with E-state index in [1.807, 2.05) is 6.92 Å². The predicted octanol–water partition coefficient (Wildman–Crippen LogP) is 1.51. The molecule has 0 radical (unpaired) electrons. The van der Waals surface area contributed by atoms with Gasteiger partial charge >= 0.3 is 0 Å². The Bertz CT molecular complexity index is 185. The van der Waals surface area contributed by atoms with Crippen molar-refractivity contribution in [3.8, 4) is 0 Å². The lowest BCUT2D eigenvalue weighted by Gasteiger charge is -2.20. The number of ether oxygens (including phenoxy) is 1. The first-order chi connectivity index (χ1) is 6.93. The lowest BCUT2D eigenvalue weighted by atomic mass is 10.2. The van der Waals surface area contributed by atoms with Crippen molar-refractivity contribution < 1.29 is 4.74 Å². The third-order valence-electron chi connectivity index (χ3n) is 2.14. The molecule has 0 fully saturated rings. The first-order valence-electron chi connectivity index (χ1n) is 5.49. The quantitative estimate of drug-likeness (QED) is 0.508. The van der Waals surface area contributed by atoms with E-state index in [1.54, 1.807) is 0 Å². The highest BCUT2D eigenvalue weighted by atomic mass is 32.1. The van der Waals surface area contributed by atoms with Crippen molar-refractivity contribution in [1.29, 1.82) is 0 Å². The van der Waals surface area contributed by atoms with Crippen molar-refractivity contribution in [3.63, 3.8) is 0 Å². The molecule has 0 saturated carbocycles. The molecular weight excluding hydrogens is 208 g/mol. The Hall–Kier alpha value is -0.190. The molecule has 0 aliphatic rings. The van der Waals surface area contributed by atoms with Crippen LogP contribution in [0.3, 0.4) is 0 Å². The van der Waals surface area contributed by atoms with Gasteiger partial charge < -0.3 is 15.4 Å². The molecule has 0 aromatic carbocycles. The molecular formula is C11H24N2OS. The number of hydrogen-bond acceptors (Lipinski definition) is 3. The van der Waals surface area contributed by atoms with Crippen LogP contribution >= 0.6 is 12.2 Å². The molecule has 0 saturated heterocycles. The monoisotopic (exact) mass is 232 g/mol. The SMILES string of the molecule is CC(C)COCCN(C)CC(C)C(N)=S. The molecule has 0 bridgehead atoms. The summed E-state index contributed by atoms with van der Waals surface area (Å²) in [5.74, 6) is 0.876. The summed E-state index contributed by atoms with van der Waals surface area (Å²) in [6, 6.07) is 0. The molecule has 0 aromatic heterocycles. The van der Waals surface area contributed by atoms with Gasteiger partial charge in [-0.2, -0.15) is 0 Å². The van der Waals surface area contributed by atoms with Crippen LogP contribution in [0, 0.1) is 11.8 Å². The van der Waals surface area contributed by atoms with Crippen LogP contribution in [-0.4, -0.2) is 43.2 Å². The fourth-order valence-electron chi connectivity index (χ4n) is 1.19. The molecule has 0 amide bonds. The van der Waals surface area contributed by atoms with E-state index in [-0.39, 0.29) is 5.92 Å². The van der Waals surface area contributed by atoms with Gasteiger partial charge in [0, 0.05) is 25.6 Å². The summed E-state index contributed by atoms with van der Waals surface area (Å²) in [5, 5.41) is 0. The molecule has 0 aromatic rings. The van der Waals surface area contributed by atoms with Crippen molar-refractivity contribution in [2.45, 2.75) is 20.8 Å². The Morgan fingerprint density at radius 3 is 2.47 bits per heavy atom. The second kappa shape index (κ2) is 8.02. The molecule has 0 aliphatic heterocycles. The fraction of sp³-hybridized carbons (Fsp3) is 0.909. The van der Waals surface area contributed by atoms with Gasteiger partial charge in [-0.3, -0.25) is 0 Å². The minimum atomic E-state index is 0.273. The third-order valence-corrected chi connectivity index (χ3v) is 2.54. The number of rotatable bonds is 8. The minimum Gasteiger partial charge on any atom is -0.393 e. The average Bonchev–Trinajstić information content (AvgIpc) is 2.12. The molecule has 1 unspecified atom stereocenters. The number of likely N-dealkylation sites (N-methyl/N-ethyl adjacent to an activating group) is 1. The van der Waals surface area contributed by atoms with Gasteiger partial charge in [-0.1, -0.05) is 33.0 Å². The van der Waals surface area contributed by atoms with Gasteiger partial charge in [0.2, 0.25) is 0 Å². The van der Waals surface area contributed by atoms with Crippen molar-refractivity contribution in [2.24, 2.45) is 17.6 Å². The summed E-state index contributed by atoms with van der Waals surface area (Å²) < 4.78 is 5.50. The Morgan fingerprint density at radius 2 is 2.00 bits per heavy atom. The molecule has 0 rings (SSSR count). The molecule has 0 aliphatic carbocycles. The summed E-state index contributed by atoms with van der Waals surface area (Å²) in [4.78, 5) is 2.79. The van der Waals surface area contributed by atoms with E-state index < -0.39 is 0 Å². The van der Waals surface area contributed by atoms with E-state index in [0.717, 1.165) is 26.3 Å². The summed E-state index contributed by atoms with van der Waals surface area (Å²) in [6.07, 6.45) is 0. The number of nitrogens with two attached hydrogens (primary N) is 1. The van der Waals surface area contributed by atoms with Gasteiger partial charge in [-0.05, 0) is 13.0 Å². The predicted molar refractivity (Wildman–Crippen MR) is 69.1 cm³/mol. The highest BCUT2D eigenvalue weighted by Crippen LogP contribution is 1.98. The van der Waals surface area contributed by atoms with E-state index >= 15 is 0 Å². The van der Waals surface area contributed by atoms with E-state index in [4.69, 9.17) is 22.7 Å². The molecule has 15 heavy (non-hydrogen) atoms. The first-order valence-corrected chi connectivity index (χ1v) is 5.90. The Labute approximate surface area is 99.0 Å². The smallest absolute Gasteiger partial charge is 0.0768 e. The lowest BCUT2D eigenvalue weighted by Crippen LogP contribution is -2.33. The Kier molecular flexibility index (Phi) is 7.92. The number of nitrogens with zero attached hydrogens (tertiary/aromatic N) is 1. The van der Waals surface area contributed by atoms with Crippen molar-refractivity contribution in [3.05, 3.63) is 0 Å². The summed E-state index contributed by atoms with van der Waals surface area (Å²) in [7, 11) is 2.06. The van der Waals surface area contributed by atoms with Crippen LogP contribution in [0.5, 0.6) is 0 Å². The largest absolute Gasteiger partial charge is 0.393 e. The highest BCUT2D eigenvalue weighted by molar-refractivity contribution is 7.80. The zero-order valence-corrected chi connectivity index (χ0v) is 11.1. The first kappa shape index (κ1) is 14.8. The maximum absolute atomic E-state index is 5.55. The van der Waals surface area contributed by atoms with Crippen molar-refractivity contribution >= 4 is 17.2 Å². The van der Waals surface area contributed by atoms with Crippen LogP contribution in [0.25, 0.3) is 0 Å². The van der Waals surface area contributed by atoms with Crippen LogP contribution in [0.2, 0.25) is 0 Å². The standard InChI is InChI=1S/C11H24N2OS/c1-9(2)8-14-6-5-13(4)7-10(3)11(12)15/h9-10H,5-8H2,1-4H3,(H2,12,15). The molecule has 1 atom stereocenters. The van der Waals surface area contributed by atoms with Gasteiger partial charge in [0.15, 0.2) is 0 Å². The molecule has 0 heterocycles. The zero-order chi connectivity index (χ0) is 11.8. The molecule has 3 nitrogen and oxygen atoms in total. The highest BCUT2D eigenvalue weighted by Gasteiger charge is 2.08. The molecule has 4 heteroatoms. The van der Waals surface area contributed by atoms with E-state index in [9.17, 15) is 0 Å². The van der Waals surface area contributed by atoms with Crippen LogP contribution < -0.4 is 5.73 Å². The molecule has 90 valence electrons. The minimum absolute atomic E-state index is 0.273. The summed E-state index contributed by atoms with van der Waals surface area (Å²) >= 11 is 4.93. The second-order valence-electron chi connectivity index (χ2n) is 4.53. The third kappa shape index (κ3) is 8.78.